The first-order valence-electron chi connectivity index (χ1n) is 7.60. The van der Waals surface area contributed by atoms with Crippen LogP contribution in [-0.2, 0) is 10.2 Å². The van der Waals surface area contributed by atoms with Crippen LogP contribution in [0, 0.1) is 10.1 Å². The molecule has 1 aliphatic carbocycles. The van der Waals surface area contributed by atoms with Crippen molar-refractivity contribution in [3.8, 4) is 0 Å². The van der Waals surface area contributed by atoms with Gasteiger partial charge in [0, 0.05) is 30.5 Å². The minimum Gasteiger partial charge on any atom is -0.390 e. The van der Waals surface area contributed by atoms with E-state index in [1.165, 1.54) is 12.1 Å². The minimum atomic E-state index is -0.758. The molecule has 2 aliphatic rings. The van der Waals surface area contributed by atoms with E-state index in [1.54, 1.807) is 11.0 Å². The lowest BCUT2D eigenvalue weighted by Crippen LogP contribution is -2.44. The highest BCUT2D eigenvalue weighted by Crippen LogP contribution is 2.49. The van der Waals surface area contributed by atoms with E-state index in [2.05, 4.69) is 0 Å². The molecule has 1 aromatic rings. The maximum Gasteiger partial charge on any atom is 0.269 e. The molecule has 0 aromatic heterocycles. The Morgan fingerprint density at radius 1 is 1.36 bits per heavy atom. The second-order valence-corrected chi connectivity index (χ2v) is 6.68. The predicted octanol–water partition coefficient (Wildman–Crippen LogP) is 2.30. The number of benzene rings is 1. The van der Waals surface area contributed by atoms with Gasteiger partial charge in [-0.15, -0.1) is 0 Å². The average Bonchev–Trinajstić information content (AvgIpc) is 2.67. The van der Waals surface area contributed by atoms with Crippen LogP contribution in [0.3, 0.4) is 0 Å². The first-order valence-corrected chi connectivity index (χ1v) is 7.60. The van der Waals surface area contributed by atoms with Gasteiger partial charge < -0.3 is 10.0 Å². The number of aliphatic hydroxyl groups is 1. The molecule has 0 saturated carbocycles. The summed E-state index contributed by atoms with van der Waals surface area (Å²) in [5.74, 6) is 0.0189. The molecule has 1 N–H and O–H groups in total. The lowest BCUT2D eigenvalue weighted by Gasteiger charge is -2.36. The number of non-ortho nitro benzene ring substituents is 1. The number of amides is 1. The van der Waals surface area contributed by atoms with Crippen LogP contribution in [0.25, 0.3) is 0 Å². The fourth-order valence-electron chi connectivity index (χ4n) is 3.68. The normalized spacial score (nSPS) is 26.9. The SMILES string of the molecule is CC1(C)c2ccc([N+](=O)[O-])cc2[C@@H](N2CCCCC2=O)[C@@H]1O. The molecule has 1 saturated heterocycles. The Morgan fingerprint density at radius 3 is 2.73 bits per heavy atom. The molecule has 6 heteroatoms. The molecule has 1 aromatic carbocycles. The smallest absolute Gasteiger partial charge is 0.269 e. The summed E-state index contributed by atoms with van der Waals surface area (Å²) in [6.45, 7) is 4.42. The first-order chi connectivity index (χ1) is 10.3. The van der Waals surface area contributed by atoms with E-state index < -0.39 is 22.5 Å². The molecule has 118 valence electrons. The molecule has 0 bridgehead atoms. The summed E-state index contributed by atoms with van der Waals surface area (Å²) in [7, 11) is 0. The van der Waals surface area contributed by atoms with E-state index >= 15 is 0 Å². The van der Waals surface area contributed by atoms with Crippen LogP contribution in [0.15, 0.2) is 18.2 Å². The zero-order valence-electron chi connectivity index (χ0n) is 12.8. The fraction of sp³-hybridized carbons (Fsp3) is 0.562. The number of hydrogen-bond acceptors (Lipinski definition) is 4. The molecule has 1 fully saturated rings. The summed E-state index contributed by atoms with van der Waals surface area (Å²) in [6, 6.07) is 4.20. The van der Waals surface area contributed by atoms with Crippen molar-refractivity contribution in [2.75, 3.05) is 6.54 Å². The van der Waals surface area contributed by atoms with Crippen molar-refractivity contribution in [1.82, 2.24) is 4.90 Å². The van der Waals surface area contributed by atoms with Gasteiger partial charge in [-0.05, 0) is 24.0 Å². The standard InChI is InChI=1S/C16H20N2O4/c1-16(2)12-7-6-10(18(21)22)9-11(12)14(15(16)20)17-8-4-3-5-13(17)19/h6-7,9,14-15,20H,3-5,8H2,1-2H3/t14-,15+/m1/s1. The van der Waals surface area contributed by atoms with Crippen LogP contribution >= 0.6 is 0 Å². The Kier molecular flexibility index (Phi) is 3.44. The lowest BCUT2D eigenvalue weighted by molar-refractivity contribution is -0.385. The number of aliphatic hydroxyl groups excluding tert-OH is 1. The van der Waals surface area contributed by atoms with Gasteiger partial charge in [0.15, 0.2) is 0 Å². The summed E-state index contributed by atoms with van der Waals surface area (Å²) >= 11 is 0. The number of rotatable bonds is 2. The van der Waals surface area contributed by atoms with Gasteiger partial charge in [0.05, 0.1) is 17.1 Å². The zero-order valence-corrected chi connectivity index (χ0v) is 12.8. The quantitative estimate of drug-likeness (QED) is 0.671. The summed E-state index contributed by atoms with van der Waals surface area (Å²) in [4.78, 5) is 24.6. The van der Waals surface area contributed by atoms with Crippen LogP contribution in [0.5, 0.6) is 0 Å². The Hall–Kier alpha value is -1.95. The van der Waals surface area contributed by atoms with Gasteiger partial charge in [-0.1, -0.05) is 19.9 Å². The Balaban J connectivity index is 2.10. The number of likely N-dealkylation sites (tertiary alicyclic amines) is 1. The van der Waals surface area contributed by atoms with Crippen molar-refractivity contribution < 1.29 is 14.8 Å². The van der Waals surface area contributed by atoms with Crippen LogP contribution in [0.2, 0.25) is 0 Å². The number of nitrogens with zero attached hydrogens (tertiary/aromatic N) is 2. The molecule has 0 unspecified atom stereocenters. The summed E-state index contributed by atoms with van der Waals surface area (Å²) in [5.41, 5.74) is 1.06. The first kappa shape index (κ1) is 15.0. The summed E-state index contributed by atoms with van der Waals surface area (Å²) in [5, 5.41) is 21.8. The van der Waals surface area contributed by atoms with E-state index in [9.17, 15) is 20.0 Å². The maximum absolute atomic E-state index is 12.2. The van der Waals surface area contributed by atoms with Crippen molar-refractivity contribution in [1.29, 1.82) is 0 Å². The maximum atomic E-state index is 12.2. The Labute approximate surface area is 128 Å². The van der Waals surface area contributed by atoms with Gasteiger partial charge in [-0.3, -0.25) is 14.9 Å². The summed E-state index contributed by atoms with van der Waals surface area (Å²) in [6.07, 6.45) is 1.49. The summed E-state index contributed by atoms with van der Waals surface area (Å²) < 4.78 is 0. The van der Waals surface area contributed by atoms with Gasteiger partial charge >= 0.3 is 0 Å². The largest absolute Gasteiger partial charge is 0.390 e. The molecule has 6 nitrogen and oxygen atoms in total. The number of carbonyl (C=O) groups is 1. The fourth-order valence-corrected chi connectivity index (χ4v) is 3.68. The van der Waals surface area contributed by atoms with Gasteiger partial charge in [0.2, 0.25) is 5.91 Å². The van der Waals surface area contributed by atoms with Crippen LogP contribution in [0.4, 0.5) is 5.69 Å². The number of nitro groups is 1. The minimum absolute atomic E-state index is 0.00175. The van der Waals surface area contributed by atoms with Crippen molar-refractivity contribution >= 4 is 11.6 Å². The van der Waals surface area contributed by atoms with E-state index in [0.29, 0.717) is 18.5 Å². The second-order valence-electron chi connectivity index (χ2n) is 6.68. The van der Waals surface area contributed by atoms with E-state index in [-0.39, 0.29) is 11.6 Å². The molecule has 2 atom stereocenters. The van der Waals surface area contributed by atoms with Gasteiger partial charge in [0.1, 0.15) is 0 Å². The highest BCUT2D eigenvalue weighted by Gasteiger charge is 2.49. The number of hydrogen-bond donors (Lipinski definition) is 1. The topological polar surface area (TPSA) is 83.7 Å². The van der Waals surface area contributed by atoms with Gasteiger partial charge in [-0.2, -0.15) is 0 Å². The van der Waals surface area contributed by atoms with Gasteiger partial charge in [-0.25, -0.2) is 0 Å². The van der Waals surface area contributed by atoms with Crippen LogP contribution in [0.1, 0.15) is 50.3 Å². The van der Waals surface area contributed by atoms with Gasteiger partial charge in [0.25, 0.3) is 5.69 Å². The van der Waals surface area contributed by atoms with Crippen molar-refractivity contribution in [2.24, 2.45) is 0 Å². The number of fused-ring (bicyclic) bond motifs is 1. The Morgan fingerprint density at radius 2 is 2.09 bits per heavy atom. The zero-order chi connectivity index (χ0) is 16.1. The third kappa shape index (κ3) is 2.09. The molecule has 3 rings (SSSR count). The third-order valence-electron chi connectivity index (χ3n) is 4.99. The highest BCUT2D eigenvalue weighted by atomic mass is 16.6. The molecule has 1 amide bonds. The van der Waals surface area contributed by atoms with Crippen LogP contribution < -0.4 is 0 Å². The number of piperidine rings is 1. The number of nitro benzene ring substituents is 1. The molecule has 1 heterocycles. The third-order valence-corrected chi connectivity index (χ3v) is 4.99. The van der Waals surface area contributed by atoms with Crippen molar-refractivity contribution in [3.63, 3.8) is 0 Å². The molecule has 0 spiro atoms. The highest BCUT2D eigenvalue weighted by molar-refractivity contribution is 5.78. The molecular formula is C16H20N2O4. The van der Waals surface area contributed by atoms with Crippen molar-refractivity contribution in [3.05, 3.63) is 39.4 Å². The average molecular weight is 304 g/mol. The second kappa shape index (κ2) is 5.05. The molecule has 0 radical (unpaired) electrons. The van der Waals surface area contributed by atoms with Crippen molar-refractivity contribution in [2.45, 2.75) is 50.7 Å². The predicted molar refractivity (Wildman–Crippen MR) is 80.4 cm³/mol. The number of carbonyl (C=O) groups excluding carboxylic acids is 1. The Bertz CT molecular complexity index is 641. The van der Waals surface area contributed by atoms with Crippen LogP contribution in [-0.4, -0.2) is 33.5 Å². The molecular weight excluding hydrogens is 284 g/mol. The van der Waals surface area contributed by atoms with E-state index in [1.807, 2.05) is 13.8 Å². The molecule has 1 aliphatic heterocycles. The van der Waals surface area contributed by atoms with E-state index in [4.69, 9.17) is 0 Å². The molecule has 22 heavy (non-hydrogen) atoms. The lowest BCUT2D eigenvalue weighted by atomic mass is 9.84. The monoisotopic (exact) mass is 304 g/mol. The van der Waals surface area contributed by atoms with E-state index in [0.717, 1.165) is 18.4 Å².